The second-order valence-corrected chi connectivity index (χ2v) is 11.9. The highest BCUT2D eigenvalue weighted by molar-refractivity contribution is 7.14. The third kappa shape index (κ3) is 6.65. The van der Waals surface area contributed by atoms with Crippen molar-refractivity contribution in [3.05, 3.63) is 94.9 Å². The molecule has 1 N–H and O–H groups in total. The van der Waals surface area contributed by atoms with Gasteiger partial charge in [0.05, 0.1) is 5.69 Å². The summed E-state index contributed by atoms with van der Waals surface area (Å²) < 4.78 is 6.10. The van der Waals surface area contributed by atoms with Crippen LogP contribution in [0.25, 0.3) is 22.6 Å². The number of aromatic amines is 1. The first-order chi connectivity index (χ1) is 20.1. The van der Waals surface area contributed by atoms with E-state index >= 15 is 0 Å². The molecule has 2 heterocycles. The van der Waals surface area contributed by atoms with E-state index in [-0.39, 0.29) is 0 Å². The van der Waals surface area contributed by atoms with Crippen molar-refractivity contribution in [3.8, 4) is 28.4 Å². The highest BCUT2D eigenvalue weighted by Crippen LogP contribution is 2.33. The van der Waals surface area contributed by atoms with E-state index in [4.69, 9.17) is 9.72 Å². The lowest BCUT2D eigenvalue weighted by atomic mass is 9.84. The van der Waals surface area contributed by atoms with Crippen LogP contribution in [0, 0.1) is 0 Å². The fourth-order valence-electron chi connectivity index (χ4n) is 5.46. The van der Waals surface area contributed by atoms with Gasteiger partial charge in [0.2, 0.25) is 0 Å². The van der Waals surface area contributed by atoms with Crippen LogP contribution >= 0.6 is 11.3 Å². The molecule has 3 aromatic carbocycles. The summed E-state index contributed by atoms with van der Waals surface area (Å²) in [5.74, 6) is 2.27. The lowest BCUT2D eigenvalue weighted by molar-refractivity contribution is 0.306. The van der Waals surface area contributed by atoms with Gasteiger partial charge in [0.1, 0.15) is 12.4 Å². The van der Waals surface area contributed by atoms with Crippen LogP contribution < -0.4 is 9.64 Å². The fourth-order valence-corrected chi connectivity index (χ4v) is 6.42. The molecule has 0 bridgehead atoms. The van der Waals surface area contributed by atoms with Gasteiger partial charge in [-0.2, -0.15) is 0 Å². The van der Waals surface area contributed by atoms with Crippen LogP contribution in [0.4, 0.5) is 5.13 Å². The quantitative estimate of drug-likeness (QED) is 0.185. The Morgan fingerprint density at radius 1 is 0.878 bits per heavy atom. The minimum absolute atomic E-state index is 0.305. The highest BCUT2D eigenvalue weighted by Gasteiger charge is 2.17. The molecule has 41 heavy (non-hydrogen) atoms. The number of nitrogens with one attached hydrogen (secondary N) is 1. The monoisotopic (exact) mass is 564 g/mol. The first-order valence-corrected chi connectivity index (χ1v) is 15.4. The number of benzene rings is 3. The van der Waals surface area contributed by atoms with Crippen molar-refractivity contribution in [2.45, 2.75) is 71.1 Å². The van der Waals surface area contributed by atoms with Crippen molar-refractivity contribution >= 4 is 16.5 Å². The van der Waals surface area contributed by atoms with Gasteiger partial charge in [0.15, 0.2) is 11.0 Å². The Labute approximate surface area is 245 Å². The third-order valence-electron chi connectivity index (χ3n) is 7.90. The normalized spacial score (nSPS) is 13.9. The Bertz CT molecular complexity index is 1510. The first kappa shape index (κ1) is 27.1. The number of aromatic nitrogens is 5. The van der Waals surface area contributed by atoms with Crippen LogP contribution in [0.1, 0.15) is 68.6 Å². The number of thiazole rings is 1. The molecule has 1 saturated carbocycles. The van der Waals surface area contributed by atoms with E-state index in [1.165, 1.54) is 48.8 Å². The zero-order valence-corrected chi connectivity index (χ0v) is 24.5. The topological polar surface area (TPSA) is 79.8 Å². The summed E-state index contributed by atoms with van der Waals surface area (Å²) in [5.41, 5.74) is 6.92. The Kier molecular flexibility index (Phi) is 8.37. The second kappa shape index (κ2) is 12.6. The average Bonchev–Trinajstić information content (AvgIpc) is 3.74. The number of anilines is 1. The molecule has 1 aliphatic carbocycles. The maximum Gasteiger partial charge on any atom is 0.186 e. The van der Waals surface area contributed by atoms with Gasteiger partial charge >= 0.3 is 0 Å². The molecule has 0 spiro atoms. The molecule has 210 valence electrons. The van der Waals surface area contributed by atoms with E-state index in [9.17, 15) is 0 Å². The van der Waals surface area contributed by atoms with Crippen LogP contribution in [-0.4, -0.2) is 31.6 Å². The minimum atomic E-state index is 0.305. The molecule has 7 nitrogen and oxygen atoms in total. The molecular formula is C33H36N6OS. The van der Waals surface area contributed by atoms with Gasteiger partial charge < -0.3 is 9.64 Å². The molecule has 0 radical (unpaired) electrons. The van der Waals surface area contributed by atoms with E-state index in [2.05, 4.69) is 93.3 Å². The maximum atomic E-state index is 6.10. The molecule has 0 amide bonds. The largest absolute Gasteiger partial charge is 0.489 e. The number of tetrazole rings is 1. The standard InChI is InChI=1S/C33H36N6OS/c1-23(2)39(20-24-8-14-29(15-9-24)32-35-37-38-36-32)33-34-31(22-41-33)28-16-18-30(19-17-28)40-21-25-10-12-27(13-11-25)26-6-4-3-5-7-26/h8-19,22-23,26H,3-7,20-21H2,1-2H3,(H,35,36,37,38). The Morgan fingerprint density at radius 2 is 1.59 bits per heavy atom. The Balaban J connectivity index is 1.06. The molecule has 1 fully saturated rings. The number of hydrogen-bond donors (Lipinski definition) is 1. The zero-order chi connectivity index (χ0) is 28.0. The molecule has 5 aromatic rings. The third-order valence-corrected chi connectivity index (χ3v) is 8.78. The SMILES string of the molecule is CC(C)N(Cc1ccc(-c2nnn[nH]2)cc1)c1nc(-c2ccc(OCc3ccc(C4CCCCC4)cc3)cc2)cs1. The van der Waals surface area contributed by atoms with Gasteiger partial charge in [-0.15, -0.1) is 16.4 Å². The number of rotatable bonds is 10. The highest BCUT2D eigenvalue weighted by atomic mass is 32.1. The van der Waals surface area contributed by atoms with Gasteiger partial charge in [0.25, 0.3) is 0 Å². The van der Waals surface area contributed by atoms with Crippen molar-refractivity contribution in [2.75, 3.05) is 4.90 Å². The molecule has 0 saturated heterocycles. The van der Waals surface area contributed by atoms with Crippen molar-refractivity contribution in [1.82, 2.24) is 25.6 Å². The second-order valence-electron chi connectivity index (χ2n) is 11.1. The van der Waals surface area contributed by atoms with Gasteiger partial charge in [-0.25, -0.2) is 10.1 Å². The van der Waals surface area contributed by atoms with Crippen LogP contribution in [0.3, 0.4) is 0 Å². The average molecular weight is 565 g/mol. The summed E-state index contributed by atoms with van der Waals surface area (Å²) in [5, 5.41) is 17.3. The van der Waals surface area contributed by atoms with Crippen molar-refractivity contribution in [2.24, 2.45) is 0 Å². The molecule has 8 heteroatoms. The number of hydrogen-bond acceptors (Lipinski definition) is 7. The van der Waals surface area contributed by atoms with Crippen LogP contribution in [0.5, 0.6) is 5.75 Å². The summed E-state index contributed by atoms with van der Waals surface area (Å²) in [7, 11) is 0. The molecule has 0 aliphatic heterocycles. The molecule has 6 rings (SSSR count). The summed E-state index contributed by atoms with van der Waals surface area (Å²) in [6.45, 7) is 5.75. The van der Waals surface area contributed by atoms with Crippen molar-refractivity contribution in [1.29, 1.82) is 0 Å². The van der Waals surface area contributed by atoms with Crippen LogP contribution in [-0.2, 0) is 13.2 Å². The van der Waals surface area contributed by atoms with Gasteiger partial charge in [-0.1, -0.05) is 67.8 Å². The van der Waals surface area contributed by atoms with E-state index in [1.54, 1.807) is 11.3 Å². The van der Waals surface area contributed by atoms with Gasteiger partial charge in [-0.3, -0.25) is 0 Å². The lowest BCUT2D eigenvalue weighted by Crippen LogP contribution is -2.30. The number of H-pyrrole nitrogens is 1. The molecule has 0 atom stereocenters. The summed E-state index contributed by atoms with van der Waals surface area (Å²) in [4.78, 5) is 7.33. The maximum absolute atomic E-state index is 6.10. The lowest BCUT2D eigenvalue weighted by Gasteiger charge is -2.26. The van der Waals surface area contributed by atoms with Crippen molar-refractivity contribution in [3.63, 3.8) is 0 Å². The van der Waals surface area contributed by atoms with E-state index < -0.39 is 0 Å². The van der Waals surface area contributed by atoms with E-state index in [0.29, 0.717) is 18.5 Å². The van der Waals surface area contributed by atoms with Gasteiger partial charge in [-0.05, 0) is 84.0 Å². The zero-order valence-electron chi connectivity index (χ0n) is 23.7. The first-order valence-electron chi connectivity index (χ1n) is 14.5. The van der Waals surface area contributed by atoms with Crippen LogP contribution in [0.2, 0.25) is 0 Å². The Morgan fingerprint density at radius 3 is 2.27 bits per heavy atom. The summed E-state index contributed by atoms with van der Waals surface area (Å²) in [6, 6.07) is 25.9. The number of nitrogens with zero attached hydrogens (tertiary/aromatic N) is 5. The van der Waals surface area contributed by atoms with E-state index in [1.807, 2.05) is 24.3 Å². The minimum Gasteiger partial charge on any atom is -0.489 e. The fraction of sp³-hybridized carbons (Fsp3) is 0.333. The Hall–Kier alpha value is -4.04. The van der Waals surface area contributed by atoms with Crippen molar-refractivity contribution < 1.29 is 4.74 Å². The summed E-state index contributed by atoms with van der Waals surface area (Å²) in [6.07, 6.45) is 6.78. The molecule has 0 unspecified atom stereocenters. The van der Waals surface area contributed by atoms with Crippen LogP contribution in [0.15, 0.2) is 78.2 Å². The van der Waals surface area contributed by atoms with E-state index in [0.717, 1.165) is 40.2 Å². The summed E-state index contributed by atoms with van der Waals surface area (Å²) >= 11 is 1.68. The molecule has 1 aliphatic rings. The molecular weight excluding hydrogens is 528 g/mol. The predicted octanol–water partition coefficient (Wildman–Crippen LogP) is 8.03. The smallest absolute Gasteiger partial charge is 0.186 e. The van der Waals surface area contributed by atoms with Gasteiger partial charge in [0, 0.05) is 29.1 Å². The number of ether oxygens (including phenoxy) is 1. The molecule has 2 aromatic heterocycles. The predicted molar refractivity (Wildman–Crippen MR) is 165 cm³/mol.